The van der Waals surface area contributed by atoms with Gasteiger partial charge in [0, 0.05) is 51.5 Å². The van der Waals surface area contributed by atoms with Gasteiger partial charge in [-0.25, -0.2) is 41.8 Å². The Morgan fingerprint density at radius 1 is 0.610 bits per heavy atom. The van der Waals surface area contributed by atoms with Gasteiger partial charge in [-0.3, -0.25) is 0 Å². The molecule has 8 nitrogen and oxygen atoms in total. The molecule has 4 aromatic carbocycles. The summed E-state index contributed by atoms with van der Waals surface area (Å²) in [6.45, 7) is 0. The zero-order valence-electron chi connectivity index (χ0n) is 22.4. The Morgan fingerprint density at radius 2 is 0.902 bits per heavy atom. The third kappa shape index (κ3) is 15.0. The minimum absolute atomic E-state index is 0. The number of nitrogens with zero attached hydrogens (tertiary/aromatic N) is 2. The van der Waals surface area contributed by atoms with Gasteiger partial charge in [0.25, 0.3) is 20.4 Å². The van der Waals surface area contributed by atoms with Crippen LogP contribution in [0.4, 0.5) is 28.9 Å². The molecule has 0 atom stereocenters. The summed E-state index contributed by atoms with van der Waals surface area (Å²) in [6, 6.07) is 27.2. The smallest absolute Gasteiger partial charge is 0.321 e. The Morgan fingerprint density at radius 3 is 1.10 bits per heavy atom. The molecule has 0 spiro atoms. The zero-order valence-corrected chi connectivity index (χ0v) is 25.6. The van der Waals surface area contributed by atoms with Crippen molar-refractivity contribution in [2.24, 2.45) is 0 Å². The second-order valence-corrected chi connectivity index (χ2v) is 11.5. The standard InChI is InChI=1S/2C8H9F2N2O2S.2C5H5.Ti/c2*1-12(2)15(13,14)11-8-4-3-6(9)5-7(8)10;2*1-2-4-5-3-1;/h2*3-4,11H,1-2H3;2*1-5H;/q4*-1;+4. The fraction of sp³-hybridized carbons (Fsp3) is 0.154. The van der Waals surface area contributed by atoms with Gasteiger partial charge in [0.1, 0.15) is 0 Å². The van der Waals surface area contributed by atoms with Crippen molar-refractivity contribution in [2.45, 2.75) is 0 Å². The molecule has 0 aromatic heterocycles. The third-order valence-corrected chi connectivity index (χ3v) is 7.15. The van der Waals surface area contributed by atoms with Crippen molar-refractivity contribution in [1.29, 1.82) is 0 Å². The molecule has 0 bridgehead atoms. The van der Waals surface area contributed by atoms with Crippen LogP contribution >= 0.6 is 0 Å². The van der Waals surface area contributed by atoms with Crippen LogP contribution in [0.25, 0.3) is 0 Å². The van der Waals surface area contributed by atoms with E-state index in [-0.39, 0.29) is 33.1 Å². The first-order valence-electron chi connectivity index (χ1n) is 11.1. The van der Waals surface area contributed by atoms with E-state index < -0.39 is 43.7 Å². The van der Waals surface area contributed by atoms with E-state index in [4.69, 9.17) is 0 Å². The van der Waals surface area contributed by atoms with E-state index in [9.17, 15) is 34.4 Å². The Bertz CT molecular complexity index is 1340. The predicted molar refractivity (Wildman–Crippen MR) is 147 cm³/mol. The summed E-state index contributed by atoms with van der Waals surface area (Å²) in [4.78, 5) is 0. The van der Waals surface area contributed by atoms with Crippen LogP contribution in [0.1, 0.15) is 0 Å². The van der Waals surface area contributed by atoms with Crippen LogP contribution < -0.4 is 9.44 Å². The van der Waals surface area contributed by atoms with Gasteiger partial charge >= 0.3 is 21.7 Å². The Hall–Kier alpha value is -3.01. The maximum Gasteiger partial charge on any atom is 4.00 e. The maximum atomic E-state index is 13.0. The van der Waals surface area contributed by atoms with Crippen molar-refractivity contribution in [3.8, 4) is 0 Å². The summed E-state index contributed by atoms with van der Waals surface area (Å²) in [7, 11) is -2.43. The van der Waals surface area contributed by atoms with Gasteiger partial charge in [-0.2, -0.15) is 61.8 Å². The van der Waals surface area contributed by atoms with Crippen LogP contribution in [0, 0.1) is 35.4 Å². The first-order valence-corrected chi connectivity index (χ1v) is 14.0. The normalized spacial score (nSPS) is 10.6. The van der Waals surface area contributed by atoms with Gasteiger partial charge in [0.2, 0.25) is 0 Å². The van der Waals surface area contributed by atoms with Gasteiger partial charge in [0.15, 0.2) is 0 Å². The molecule has 220 valence electrons. The number of halogens is 4. The fourth-order valence-electron chi connectivity index (χ4n) is 2.15. The summed E-state index contributed by atoms with van der Waals surface area (Å²) < 4.78 is 102. The maximum absolute atomic E-state index is 13.0. The Balaban J connectivity index is 0.000000573. The predicted octanol–water partition coefficient (Wildman–Crippen LogP) is 4.78. The van der Waals surface area contributed by atoms with Crippen molar-refractivity contribution in [2.75, 3.05) is 37.6 Å². The third-order valence-electron chi connectivity index (χ3n) is 4.27. The van der Waals surface area contributed by atoms with Gasteiger partial charge in [0.05, 0.1) is 0 Å². The van der Waals surface area contributed by atoms with Gasteiger partial charge in [-0.15, -0.1) is 36.4 Å². The van der Waals surface area contributed by atoms with Crippen LogP contribution in [0.15, 0.2) is 84.9 Å². The minimum Gasteiger partial charge on any atom is -0.321 e. The largest absolute Gasteiger partial charge is 4.00 e. The molecule has 2 N–H and O–H groups in total. The molecule has 0 aliphatic heterocycles. The van der Waals surface area contributed by atoms with Crippen LogP contribution in [-0.4, -0.2) is 53.6 Å². The molecule has 0 amide bonds. The van der Waals surface area contributed by atoms with Crippen molar-refractivity contribution < 1.29 is 56.1 Å². The van der Waals surface area contributed by atoms with E-state index in [1.165, 1.54) is 28.2 Å². The number of nitrogens with one attached hydrogen (secondary N) is 2. The monoisotopic (exact) mass is 648 g/mol. The van der Waals surface area contributed by atoms with Crippen LogP contribution in [-0.2, 0) is 42.1 Å². The quantitative estimate of drug-likeness (QED) is 0.179. The molecule has 0 aliphatic rings. The molecule has 0 fully saturated rings. The van der Waals surface area contributed by atoms with E-state index in [2.05, 4.69) is 0 Å². The molecule has 4 rings (SSSR count). The molecule has 0 unspecified atom stereocenters. The number of anilines is 2. The topological polar surface area (TPSA) is 98.8 Å². The SMILES string of the molecule is CN(C)S(=O)(=O)Nc1ccc(F)[c-]c1F.CN(C)S(=O)(=O)Nc1ccc(F)[c-]c1F.[Ti+4].c1cc[cH-]c1.c1cc[cH-]c1. The average Bonchev–Trinajstić information content (AvgIpc) is 3.62. The van der Waals surface area contributed by atoms with E-state index in [0.717, 1.165) is 32.9 Å². The number of hydrogen-bond donors (Lipinski definition) is 2. The van der Waals surface area contributed by atoms with Crippen LogP contribution in [0.5, 0.6) is 0 Å². The Labute approximate surface area is 253 Å². The first kappa shape index (κ1) is 38.0. The van der Waals surface area contributed by atoms with Crippen molar-refractivity contribution in [1.82, 2.24) is 8.61 Å². The van der Waals surface area contributed by atoms with Crippen LogP contribution in [0.3, 0.4) is 0 Å². The summed E-state index contributed by atoms with van der Waals surface area (Å²) >= 11 is 0. The molecular weight excluding hydrogens is 620 g/mol. The number of benzene rings is 2. The second kappa shape index (κ2) is 18.4. The van der Waals surface area contributed by atoms with Gasteiger partial charge in [-0.05, 0) is 11.4 Å². The molecule has 0 aliphatic carbocycles. The average molecular weight is 649 g/mol. The second-order valence-electron chi connectivity index (χ2n) is 7.77. The van der Waals surface area contributed by atoms with E-state index in [0.29, 0.717) is 0 Å². The van der Waals surface area contributed by atoms with Gasteiger partial charge in [-0.1, -0.05) is 0 Å². The van der Waals surface area contributed by atoms with E-state index in [1.807, 2.05) is 70.1 Å². The minimum atomic E-state index is -3.79. The van der Waals surface area contributed by atoms with Crippen molar-refractivity contribution >= 4 is 31.8 Å². The summed E-state index contributed by atoms with van der Waals surface area (Å²) in [5.41, 5.74) is -0.685. The summed E-state index contributed by atoms with van der Waals surface area (Å²) in [5.74, 6) is -3.94. The summed E-state index contributed by atoms with van der Waals surface area (Å²) in [5, 5.41) is 0. The van der Waals surface area contributed by atoms with Crippen molar-refractivity contribution in [3.63, 3.8) is 0 Å². The van der Waals surface area contributed by atoms with Crippen molar-refractivity contribution in [3.05, 3.63) is 120 Å². The molecule has 0 saturated heterocycles. The number of hydrogen-bond acceptors (Lipinski definition) is 4. The van der Waals surface area contributed by atoms with Crippen LogP contribution in [0.2, 0.25) is 0 Å². The fourth-order valence-corrected chi connectivity index (χ4v) is 3.38. The summed E-state index contributed by atoms with van der Waals surface area (Å²) in [6.07, 6.45) is 0. The molecule has 15 heteroatoms. The van der Waals surface area contributed by atoms with Gasteiger partial charge < -0.3 is 9.44 Å². The molecule has 0 saturated carbocycles. The molecule has 4 aromatic rings. The molecular formula is C26H28F4N4O4S2Ti. The molecule has 41 heavy (non-hydrogen) atoms. The molecule has 0 heterocycles. The first-order chi connectivity index (χ1) is 18.7. The number of rotatable bonds is 6. The van der Waals surface area contributed by atoms with E-state index in [1.54, 1.807) is 12.1 Å². The van der Waals surface area contributed by atoms with E-state index >= 15 is 0 Å². The Kier molecular flexibility index (Phi) is 17.1. The zero-order chi connectivity index (χ0) is 30.3. The molecule has 0 radical (unpaired) electrons.